The van der Waals surface area contributed by atoms with E-state index < -0.39 is 0 Å². The molecule has 33 heavy (non-hydrogen) atoms. The molecule has 2 nitrogen and oxygen atoms in total. The predicted molar refractivity (Wildman–Crippen MR) is 132 cm³/mol. The van der Waals surface area contributed by atoms with E-state index in [1.807, 2.05) is 0 Å². The normalized spacial score (nSPS) is 54.1. The maximum atomic E-state index is 11.4. The molecule has 0 radical (unpaired) electrons. The van der Waals surface area contributed by atoms with Crippen molar-refractivity contribution in [2.75, 3.05) is 0 Å². The van der Waals surface area contributed by atoms with Gasteiger partial charge in [-0.15, -0.1) is 0 Å². The Morgan fingerprint density at radius 2 is 1.39 bits per heavy atom. The number of aliphatic hydroxyl groups is 1. The van der Waals surface area contributed by atoms with Crippen molar-refractivity contribution in [3.05, 3.63) is 28.8 Å². The minimum absolute atomic E-state index is 0.0262. The van der Waals surface area contributed by atoms with E-state index in [2.05, 4.69) is 39.8 Å². The number of hydrogen-bond donors (Lipinski definition) is 2. The highest BCUT2D eigenvalue weighted by atomic mass is 16.3. The van der Waals surface area contributed by atoms with Crippen molar-refractivity contribution < 1.29 is 10.2 Å². The second kappa shape index (κ2) is 6.21. The summed E-state index contributed by atoms with van der Waals surface area (Å²) in [6.45, 7) is 10.0. The summed E-state index contributed by atoms with van der Waals surface area (Å²) < 4.78 is 0. The van der Waals surface area contributed by atoms with Crippen LogP contribution in [-0.4, -0.2) is 16.3 Å². The van der Waals surface area contributed by atoms with Crippen LogP contribution < -0.4 is 0 Å². The van der Waals surface area contributed by atoms with Gasteiger partial charge in [0.2, 0.25) is 0 Å². The molecule has 1 aromatic carbocycles. The van der Waals surface area contributed by atoms with E-state index >= 15 is 0 Å². The lowest BCUT2D eigenvalue weighted by molar-refractivity contribution is -0.163. The largest absolute Gasteiger partial charge is 0.508 e. The van der Waals surface area contributed by atoms with E-state index in [-0.39, 0.29) is 33.2 Å². The number of fused-ring (bicyclic) bond motifs is 5. The first-order valence-electron chi connectivity index (χ1n) is 14.1. The molecule has 4 bridgehead atoms. The quantitative estimate of drug-likeness (QED) is 0.484. The average Bonchev–Trinajstić information content (AvgIpc) is 2.99. The van der Waals surface area contributed by atoms with Crippen molar-refractivity contribution in [2.45, 2.75) is 122 Å². The molecule has 6 fully saturated rings. The molecule has 1 aromatic rings. The number of rotatable bonds is 1. The predicted octanol–water partition coefficient (Wildman–Crippen LogP) is 7.03. The number of benzene rings is 1. The molecule has 0 saturated heterocycles. The Labute approximate surface area is 200 Å². The summed E-state index contributed by atoms with van der Waals surface area (Å²) >= 11 is 0. The van der Waals surface area contributed by atoms with Crippen LogP contribution in [0.15, 0.2) is 12.1 Å². The van der Waals surface area contributed by atoms with Crippen molar-refractivity contribution >= 4 is 0 Å². The lowest BCUT2D eigenvalue weighted by atomic mass is 9.36. The van der Waals surface area contributed by atoms with Crippen molar-refractivity contribution in [2.24, 2.45) is 34.0 Å². The van der Waals surface area contributed by atoms with Crippen molar-refractivity contribution in [1.29, 1.82) is 0 Å². The van der Waals surface area contributed by atoms with Crippen LogP contribution in [0.2, 0.25) is 0 Å². The van der Waals surface area contributed by atoms with Gasteiger partial charge in [-0.3, -0.25) is 0 Å². The molecule has 7 aliphatic rings. The summed E-state index contributed by atoms with van der Waals surface area (Å²) in [5.41, 5.74) is 4.99. The van der Waals surface area contributed by atoms with E-state index in [0.29, 0.717) is 5.75 Å². The van der Waals surface area contributed by atoms with Gasteiger partial charge in [-0.1, -0.05) is 33.8 Å². The molecule has 0 amide bonds. The fraction of sp³-hybridized carbons (Fsp3) is 0.806. The van der Waals surface area contributed by atoms with Gasteiger partial charge < -0.3 is 10.2 Å². The first kappa shape index (κ1) is 21.3. The smallest absolute Gasteiger partial charge is 0.119 e. The van der Waals surface area contributed by atoms with Gasteiger partial charge in [-0.25, -0.2) is 0 Å². The maximum absolute atomic E-state index is 11.4. The van der Waals surface area contributed by atoms with Crippen LogP contribution >= 0.6 is 0 Å². The highest BCUT2D eigenvalue weighted by Crippen LogP contribution is 2.75. The Morgan fingerprint density at radius 1 is 0.758 bits per heavy atom. The number of aryl methyl sites for hydroxylation is 1. The van der Waals surface area contributed by atoms with Gasteiger partial charge in [0.1, 0.15) is 5.75 Å². The monoisotopic (exact) mass is 448 g/mol. The molecule has 0 aliphatic heterocycles. The lowest BCUT2D eigenvalue weighted by Crippen LogP contribution is -2.63. The van der Waals surface area contributed by atoms with Crippen LogP contribution in [0.5, 0.6) is 5.75 Å². The summed E-state index contributed by atoms with van der Waals surface area (Å²) in [4.78, 5) is 0. The molecule has 6 saturated carbocycles. The van der Waals surface area contributed by atoms with Gasteiger partial charge in [-0.2, -0.15) is 0 Å². The molecule has 180 valence electrons. The molecule has 5 atom stereocenters. The molecule has 0 unspecified atom stereocenters. The van der Waals surface area contributed by atoms with Gasteiger partial charge in [0, 0.05) is 5.56 Å². The third-order valence-electron chi connectivity index (χ3n) is 13.8. The topological polar surface area (TPSA) is 40.5 Å². The van der Waals surface area contributed by atoms with Gasteiger partial charge >= 0.3 is 0 Å². The van der Waals surface area contributed by atoms with Crippen molar-refractivity contribution in [3.8, 4) is 5.75 Å². The number of aromatic hydroxyl groups is 1. The number of phenols is 1. The lowest BCUT2D eigenvalue weighted by Gasteiger charge is -2.68. The number of aliphatic hydroxyl groups excluding tert-OH is 1. The first-order chi connectivity index (χ1) is 15.5. The zero-order chi connectivity index (χ0) is 23.0. The second-order valence-electron chi connectivity index (χ2n) is 14.7. The average molecular weight is 449 g/mol. The Balaban J connectivity index is 1.37. The molecule has 0 heterocycles. The Kier molecular flexibility index (Phi) is 4.00. The molecule has 0 aromatic heterocycles. The van der Waals surface area contributed by atoms with Crippen LogP contribution in [0.25, 0.3) is 0 Å². The maximum Gasteiger partial charge on any atom is 0.119 e. The minimum atomic E-state index is -0.160. The molecule has 7 aliphatic carbocycles. The highest BCUT2D eigenvalue weighted by molar-refractivity contribution is 5.52. The van der Waals surface area contributed by atoms with E-state index in [1.54, 1.807) is 5.56 Å². The van der Waals surface area contributed by atoms with Gasteiger partial charge in [0.05, 0.1) is 6.10 Å². The molecular weight excluding hydrogens is 404 g/mol. The van der Waals surface area contributed by atoms with E-state index in [1.165, 1.54) is 56.1 Å². The molecule has 2 heteroatoms. The van der Waals surface area contributed by atoms with Crippen molar-refractivity contribution in [3.63, 3.8) is 0 Å². The zero-order valence-corrected chi connectivity index (χ0v) is 21.3. The van der Waals surface area contributed by atoms with Gasteiger partial charge in [-0.05, 0) is 139 Å². The minimum Gasteiger partial charge on any atom is -0.508 e. The van der Waals surface area contributed by atoms with E-state index in [9.17, 15) is 10.2 Å². The fourth-order valence-electron chi connectivity index (χ4n) is 11.7. The van der Waals surface area contributed by atoms with E-state index in [0.717, 1.165) is 49.9 Å². The molecule has 8 rings (SSSR count). The van der Waals surface area contributed by atoms with E-state index in [4.69, 9.17) is 0 Å². The second-order valence-corrected chi connectivity index (χ2v) is 14.7. The third kappa shape index (κ3) is 2.32. The number of phenolic OH excluding ortho intramolecular Hbond substituents is 1. The summed E-state index contributed by atoms with van der Waals surface area (Å²) in [6.07, 6.45) is 14.7. The fourth-order valence-corrected chi connectivity index (χ4v) is 11.7. The molecular formula is C31H44O2. The van der Waals surface area contributed by atoms with Gasteiger partial charge in [0.15, 0.2) is 0 Å². The Morgan fingerprint density at radius 3 is 2.03 bits per heavy atom. The summed E-state index contributed by atoms with van der Waals surface area (Å²) in [5, 5.41) is 22.5. The van der Waals surface area contributed by atoms with Crippen LogP contribution in [0.1, 0.15) is 115 Å². The molecule has 0 spiro atoms. The highest BCUT2D eigenvalue weighted by Gasteiger charge is 2.70. The van der Waals surface area contributed by atoms with Crippen molar-refractivity contribution in [1.82, 2.24) is 0 Å². The van der Waals surface area contributed by atoms with Crippen LogP contribution in [-0.2, 0) is 17.3 Å². The van der Waals surface area contributed by atoms with Gasteiger partial charge in [0.25, 0.3) is 0 Å². The SMILES string of the molecule is C[C@@]12CCc3cc(O)c(C45CC6CC(CC(C6)C4)C5)cc3[C@]1(C)CC[C@]1(C)[C@@H](O)CC[C@]21C. The standard InChI is InChI=1S/C31H44O2/c1-27-9-10-28(2)26(33)6-8-30(28,4)29(27,3)7-5-22-14-25(32)24(15-23(22)27)31-16-19-11-20(17-31)13-21(12-19)18-31/h14-15,19-21,26,32-33H,5-13,16-18H2,1-4H3/t19?,20?,21?,26-,27-,28+,29+,30-,31?/m0/s1. The summed E-state index contributed by atoms with van der Waals surface area (Å²) in [6, 6.07) is 4.75. The zero-order valence-electron chi connectivity index (χ0n) is 21.3. The van der Waals surface area contributed by atoms with Crippen LogP contribution in [0.4, 0.5) is 0 Å². The number of hydrogen-bond acceptors (Lipinski definition) is 2. The Bertz CT molecular complexity index is 991. The molecule has 2 N–H and O–H groups in total. The summed E-state index contributed by atoms with van der Waals surface area (Å²) in [5.74, 6) is 3.27. The third-order valence-corrected chi connectivity index (χ3v) is 13.8. The first-order valence-corrected chi connectivity index (χ1v) is 14.1. The van der Waals surface area contributed by atoms with Crippen LogP contribution in [0, 0.1) is 34.0 Å². The Hall–Kier alpha value is -1.02. The summed E-state index contributed by atoms with van der Waals surface area (Å²) in [7, 11) is 0. The van der Waals surface area contributed by atoms with Crippen LogP contribution in [0.3, 0.4) is 0 Å².